The van der Waals surface area contributed by atoms with Gasteiger partial charge in [0.15, 0.2) is 0 Å². The average Bonchev–Trinajstić information content (AvgIpc) is 3.06. The molecule has 1 aliphatic heterocycles. The molecule has 0 radical (unpaired) electrons. The van der Waals surface area contributed by atoms with E-state index in [2.05, 4.69) is 0 Å². The number of aryl methyl sites for hydroxylation is 1. The van der Waals surface area contributed by atoms with E-state index in [-0.39, 0.29) is 12.0 Å². The van der Waals surface area contributed by atoms with Crippen LogP contribution in [0, 0.1) is 6.92 Å². The molecule has 0 aliphatic carbocycles. The maximum atomic E-state index is 12.9. The number of ether oxygens (including phenoxy) is 2. The van der Waals surface area contributed by atoms with Crippen molar-refractivity contribution in [3.05, 3.63) is 35.6 Å². The van der Waals surface area contributed by atoms with Crippen LogP contribution in [0.1, 0.15) is 45.7 Å². The fraction of sp³-hybridized carbons (Fsp3) is 0.500. The lowest BCUT2D eigenvalue weighted by molar-refractivity contribution is -0.127. The van der Waals surface area contributed by atoms with Crippen LogP contribution in [0.25, 0.3) is 16.5 Å². The molecule has 2 amide bonds. The van der Waals surface area contributed by atoms with Crippen LogP contribution in [-0.4, -0.2) is 60.2 Å². The molecule has 7 nitrogen and oxygen atoms in total. The molecule has 3 rings (SSSR count). The second kappa shape index (κ2) is 9.04. The van der Waals surface area contributed by atoms with Crippen molar-refractivity contribution in [1.29, 1.82) is 0 Å². The maximum absolute atomic E-state index is 12.9. The van der Waals surface area contributed by atoms with Crippen LogP contribution in [0.2, 0.25) is 0 Å². The molecule has 2 heterocycles. The number of fused-ring (bicyclic) bond motifs is 1. The first kappa shape index (κ1) is 22.7. The minimum absolute atomic E-state index is 0.0761. The monoisotopic (exact) mass is 428 g/mol. The Kier molecular flexibility index (Phi) is 6.62. The van der Waals surface area contributed by atoms with Gasteiger partial charge in [0.1, 0.15) is 16.9 Å². The SMILES string of the molecule is CCOc1cc2occ(C)c2cc1/C(C)=C/C(=O)N1CCN(C(=O)OC(C)(C)C)CC1. The minimum Gasteiger partial charge on any atom is -0.493 e. The molecule has 2 aromatic rings. The average molecular weight is 429 g/mol. The zero-order valence-electron chi connectivity index (χ0n) is 19.3. The van der Waals surface area contributed by atoms with Gasteiger partial charge in [-0.05, 0) is 58.7 Å². The van der Waals surface area contributed by atoms with E-state index < -0.39 is 5.60 Å². The number of carbonyl (C=O) groups excluding carboxylic acids is 2. The summed E-state index contributed by atoms with van der Waals surface area (Å²) < 4.78 is 16.8. The van der Waals surface area contributed by atoms with Gasteiger partial charge in [0.05, 0.1) is 12.9 Å². The highest BCUT2D eigenvalue weighted by molar-refractivity contribution is 5.97. The first-order chi connectivity index (χ1) is 14.6. The number of carbonyl (C=O) groups is 2. The van der Waals surface area contributed by atoms with Gasteiger partial charge in [0.25, 0.3) is 0 Å². The highest BCUT2D eigenvalue weighted by atomic mass is 16.6. The summed E-state index contributed by atoms with van der Waals surface area (Å²) in [7, 11) is 0. The summed E-state index contributed by atoms with van der Waals surface area (Å²) in [6, 6.07) is 3.89. The van der Waals surface area contributed by atoms with E-state index in [4.69, 9.17) is 13.9 Å². The van der Waals surface area contributed by atoms with Gasteiger partial charge in [-0.15, -0.1) is 0 Å². The molecule has 0 bridgehead atoms. The Morgan fingerprint density at radius 2 is 1.77 bits per heavy atom. The fourth-order valence-corrected chi connectivity index (χ4v) is 3.56. The van der Waals surface area contributed by atoms with E-state index in [0.717, 1.165) is 27.7 Å². The molecular formula is C24H32N2O5. The molecule has 0 N–H and O–H groups in total. The van der Waals surface area contributed by atoms with Crippen molar-refractivity contribution >= 4 is 28.5 Å². The lowest BCUT2D eigenvalue weighted by Gasteiger charge is -2.35. The third kappa shape index (κ3) is 5.40. The molecule has 0 unspecified atom stereocenters. The molecular weight excluding hydrogens is 396 g/mol. The van der Waals surface area contributed by atoms with E-state index in [1.54, 1.807) is 22.1 Å². The topological polar surface area (TPSA) is 72.2 Å². The lowest BCUT2D eigenvalue weighted by Crippen LogP contribution is -2.51. The standard InChI is InChI=1S/C24H32N2O5/c1-7-29-20-14-21-19(17(3)15-30-21)13-18(20)16(2)12-22(27)25-8-10-26(11-9-25)23(28)31-24(4,5)6/h12-15H,7-11H2,1-6H3/b16-12+. The van der Waals surface area contributed by atoms with Gasteiger partial charge in [0.2, 0.25) is 5.91 Å². The third-order valence-electron chi connectivity index (χ3n) is 5.18. The molecule has 0 spiro atoms. The number of nitrogens with zero attached hydrogens (tertiary/aromatic N) is 2. The number of hydrogen-bond acceptors (Lipinski definition) is 5. The van der Waals surface area contributed by atoms with E-state index >= 15 is 0 Å². The number of rotatable bonds is 4. The summed E-state index contributed by atoms with van der Waals surface area (Å²) in [5.41, 5.74) is 2.97. The summed E-state index contributed by atoms with van der Waals surface area (Å²) in [5.74, 6) is 0.619. The zero-order valence-corrected chi connectivity index (χ0v) is 19.3. The highest BCUT2D eigenvalue weighted by Gasteiger charge is 2.27. The number of furan rings is 1. The predicted octanol–water partition coefficient (Wildman–Crippen LogP) is 4.62. The van der Waals surface area contributed by atoms with Crippen LogP contribution in [-0.2, 0) is 9.53 Å². The summed E-state index contributed by atoms with van der Waals surface area (Å²) in [4.78, 5) is 28.5. The van der Waals surface area contributed by atoms with Gasteiger partial charge in [-0.25, -0.2) is 4.79 Å². The molecule has 0 saturated carbocycles. The first-order valence-electron chi connectivity index (χ1n) is 10.7. The molecule has 7 heteroatoms. The largest absolute Gasteiger partial charge is 0.493 e. The fourth-order valence-electron chi connectivity index (χ4n) is 3.56. The summed E-state index contributed by atoms with van der Waals surface area (Å²) >= 11 is 0. The Balaban J connectivity index is 1.72. The van der Waals surface area contributed by atoms with Gasteiger partial charge in [-0.2, -0.15) is 0 Å². The molecule has 168 valence electrons. The Labute approximate surface area is 183 Å². The van der Waals surface area contributed by atoms with Crippen molar-refractivity contribution in [3.8, 4) is 5.75 Å². The quantitative estimate of drug-likeness (QED) is 0.665. The maximum Gasteiger partial charge on any atom is 0.410 e. The van der Waals surface area contributed by atoms with Crippen molar-refractivity contribution in [2.24, 2.45) is 0 Å². The first-order valence-corrected chi connectivity index (χ1v) is 10.7. The minimum atomic E-state index is -0.531. The third-order valence-corrected chi connectivity index (χ3v) is 5.18. The van der Waals surface area contributed by atoms with Crippen molar-refractivity contribution < 1.29 is 23.5 Å². The number of hydrogen-bond donors (Lipinski definition) is 0. The number of amides is 2. The van der Waals surface area contributed by atoms with Gasteiger partial charge in [-0.3, -0.25) is 4.79 Å². The Bertz CT molecular complexity index is 991. The van der Waals surface area contributed by atoms with Crippen LogP contribution in [0.4, 0.5) is 4.79 Å². The van der Waals surface area contributed by atoms with Crippen LogP contribution >= 0.6 is 0 Å². The summed E-state index contributed by atoms with van der Waals surface area (Å²) in [6.45, 7) is 13.7. The highest BCUT2D eigenvalue weighted by Crippen LogP contribution is 2.33. The predicted molar refractivity (Wildman–Crippen MR) is 120 cm³/mol. The molecule has 1 saturated heterocycles. The van der Waals surface area contributed by atoms with Crippen LogP contribution in [0.3, 0.4) is 0 Å². The van der Waals surface area contributed by atoms with Crippen molar-refractivity contribution in [2.75, 3.05) is 32.8 Å². The van der Waals surface area contributed by atoms with Gasteiger partial charge < -0.3 is 23.7 Å². The second-order valence-electron chi connectivity index (χ2n) is 8.82. The Hall–Kier alpha value is -2.96. The van der Waals surface area contributed by atoms with Crippen molar-refractivity contribution in [3.63, 3.8) is 0 Å². The Morgan fingerprint density at radius 3 is 2.39 bits per heavy atom. The lowest BCUT2D eigenvalue weighted by atomic mass is 10.0. The smallest absolute Gasteiger partial charge is 0.410 e. The van der Waals surface area contributed by atoms with Crippen molar-refractivity contribution in [2.45, 2.75) is 47.1 Å². The molecule has 1 aromatic heterocycles. The Morgan fingerprint density at radius 1 is 1.13 bits per heavy atom. The number of benzene rings is 1. The normalized spacial score (nSPS) is 15.4. The zero-order chi connectivity index (χ0) is 22.8. The molecule has 1 aromatic carbocycles. The van der Waals surface area contributed by atoms with E-state index in [9.17, 15) is 9.59 Å². The number of allylic oxidation sites excluding steroid dienone is 1. The van der Waals surface area contributed by atoms with Crippen LogP contribution < -0.4 is 4.74 Å². The summed E-state index contributed by atoms with van der Waals surface area (Å²) in [5, 5.41) is 1.00. The molecule has 1 aliphatic rings. The number of piperazine rings is 1. The van der Waals surface area contributed by atoms with Gasteiger partial charge in [0, 0.05) is 49.3 Å². The second-order valence-corrected chi connectivity index (χ2v) is 8.82. The van der Waals surface area contributed by atoms with E-state index in [0.29, 0.717) is 38.5 Å². The molecule has 31 heavy (non-hydrogen) atoms. The van der Waals surface area contributed by atoms with E-state index in [1.165, 1.54) is 0 Å². The van der Waals surface area contributed by atoms with Crippen LogP contribution in [0.15, 0.2) is 28.9 Å². The summed E-state index contributed by atoms with van der Waals surface area (Å²) in [6.07, 6.45) is 3.03. The van der Waals surface area contributed by atoms with Crippen molar-refractivity contribution in [1.82, 2.24) is 9.80 Å². The van der Waals surface area contributed by atoms with E-state index in [1.807, 2.05) is 53.7 Å². The van der Waals surface area contributed by atoms with Gasteiger partial charge >= 0.3 is 6.09 Å². The van der Waals surface area contributed by atoms with Gasteiger partial charge in [-0.1, -0.05) is 0 Å². The van der Waals surface area contributed by atoms with Crippen LogP contribution in [0.5, 0.6) is 5.75 Å². The molecule has 0 atom stereocenters. The molecule has 1 fully saturated rings.